The lowest BCUT2D eigenvalue weighted by Gasteiger charge is -2.35. The molecule has 0 spiro atoms. The summed E-state index contributed by atoms with van der Waals surface area (Å²) in [4.78, 5) is 25.5. The van der Waals surface area contributed by atoms with Gasteiger partial charge in [0.05, 0.1) is 13.0 Å². The standard InChI is InChI=1S/C16H27NO4/c1-7-20-14(18)8-13-11(2)9-17(10-12(13)3)15(19)21-16(4,5)6/h11H,7-10H2,1-6H3. The summed E-state index contributed by atoms with van der Waals surface area (Å²) in [6.45, 7) is 12.8. The van der Waals surface area contributed by atoms with Crippen LogP contribution in [-0.4, -0.2) is 42.3 Å². The van der Waals surface area contributed by atoms with Gasteiger partial charge >= 0.3 is 12.1 Å². The van der Waals surface area contributed by atoms with Crippen molar-refractivity contribution in [2.45, 2.75) is 53.6 Å². The van der Waals surface area contributed by atoms with Crippen molar-refractivity contribution < 1.29 is 19.1 Å². The lowest BCUT2D eigenvalue weighted by Crippen LogP contribution is -2.43. The van der Waals surface area contributed by atoms with Crippen LogP contribution in [0.4, 0.5) is 4.79 Å². The van der Waals surface area contributed by atoms with Crippen LogP contribution in [0.3, 0.4) is 0 Å². The molecule has 1 aliphatic rings. The Kier molecular flexibility index (Phi) is 5.81. The predicted molar refractivity (Wildman–Crippen MR) is 80.9 cm³/mol. The molecule has 0 bridgehead atoms. The number of ether oxygens (including phenoxy) is 2. The van der Waals surface area contributed by atoms with Gasteiger partial charge in [-0.2, -0.15) is 0 Å². The van der Waals surface area contributed by atoms with Crippen molar-refractivity contribution in [1.29, 1.82) is 0 Å². The molecule has 21 heavy (non-hydrogen) atoms. The molecule has 0 aromatic carbocycles. The molecule has 1 rings (SSSR count). The number of carbonyl (C=O) groups is 2. The zero-order valence-electron chi connectivity index (χ0n) is 14.0. The van der Waals surface area contributed by atoms with Crippen LogP contribution in [0.1, 0.15) is 48.0 Å². The number of carbonyl (C=O) groups excluding carboxylic acids is 2. The highest BCUT2D eigenvalue weighted by molar-refractivity contribution is 5.73. The number of hydrogen-bond donors (Lipinski definition) is 0. The summed E-state index contributed by atoms with van der Waals surface area (Å²) in [5, 5.41) is 0. The van der Waals surface area contributed by atoms with Crippen LogP contribution in [-0.2, 0) is 14.3 Å². The first-order valence-electron chi connectivity index (χ1n) is 7.46. The van der Waals surface area contributed by atoms with Gasteiger partial charge < -0.3 is 14.4 Å². The van der Waals surface area contributed by atoms with E-state index in [0.29, 0.717) is 26.1 Å². The van der Waals surface area contributed by atoms with Gasteiger partial charge in [0.15, 0.2) is 0 Å². The molecule has 1 heterocycles. The van der Waals surface area contributed by atoms with E-state index in [1.54, 1.807) is 11.8 Å². The van der Waals surface area contributed by atoms with Crippen molar-refractivity contribution in [2.24, 2.45) is 5.92 Å². The van der Waals surface area contributed by atoms with E-state index in [0.717, 1.165) is 11.1 Å². The van der Waals surface area contributed by atoms with Gasteiger partial charge in [-0.05, 0) is 40.5 Å². The second-order valence-electron chi connectivity index (χ2n) is 6.55. The van der Waals surface area contributed by atoms with Gasteiger partial charge in [0.2, 0.25) is 0 Å². The molecule has 0 radical (unpaired) electrons. The van der Waals surface area contributed by atoms with E-state index in [4.69, 9.17) is 9.47 Å². The van der Waals surface area contributed by atoms with E-state index in [2.05, 4.69) is 0 Å². The summed E-state index contributed by atoms with van der Waals surface area (Å²) < 4.78 is 10.4. The maximum absolute atomic E-state index is 12.1. The summed E-state index contributed by atoms with van der Waals surface area (Å²) in [5.74, 6) is -0.0694. The number of nitrogens with zero attached hydrogens (tertiary/aromatic N) is 1. The Morgan fingerprint density at radius 1 is 1.33 bits per heavy atom. The Hall–Kier alpha value is -1.52. The van der Waals surface area contributed by atoms with E-state index in [-0.39, 0.29) is 18.0 Å². The van der Waals surface area contributed by atoms with Gasteiger partial charge in [-0.3, -0.25) is 4.79 Å². The van der Waals surface area contributed by atoms with Gasteiger partial charge in [-0.15, -0.1) is 0 Å². The topological polar surface area (TPSA) is 55.8 Å². The molecule has 0 saturated heterocycles. The third-order valence-electron chi connectivity index (χ3n) is 3.36. The van der Waals surface area contributed by atoms with Crippen LogP contribution < -0.4 is 0 Å². The number of esters is 1. The third kappa shape index (κ3) is 5.40. The van der Waals surface area contributed by atoms with Crippen LogP contribution in [0.15, 0.2) is 11.1 Å². The van der Waals surface area contributed by atoms with Crippen molar-refractivity contribution in [3.05, 3.63) is 11.1 Å². The molecule has 0 aromatic rings. The fourth-order valence-electron chi connectivity index (χ4n) is 2.47. The van der Waals surface area contributed by atoms with Crippen LogP contribution in [0.2, 0.25) is 0 Å². The highest BCUT2D eigenvalue weighted by Crippen LogP contribution is 2.27. The molecule has 0 fully saturated rings. The molecule has 5 nitrogen and oxygen atoms in total. The zero-order valence-corrected chi connectivity index (χ0v) is 14.0. The van der Waals surface area contributed by atoms with E-state index in [1.807, 2.05) is 34.6 Å². The number of amides is 1. The average Bonchev–Trinajstić information content (AvgIpc) is 2.31. The Balaban J connectivity index is 2.74. The largest absolute Gasteiger partial charge is 0.466 e. The first kappa shape index (κ1) is 17.5. The van der Waals surface area contributed by atoms with E-state index >= 15 is 0 Å². The zero-order chi connectivity index (χ0) is 16.2. The Bertz CT molecular complexity index is 434. The van der Waals surface area contributed by atoms with Crippen molar-refractivity contribution in [2.75, 3.05) is 19.7 Å². The van der Waals surface area contributed by atoms with Crippen LogP contribution in [0, 0.1) is 5.92 Å². The van der Waals surface area contributed by atoms with Crippen molar-refractivity contribution in [3.63, 3.8) is 0 Å². The molecule has 1 aliphatic heterocycles. The molecule has 0 aromatic heterocycles. The number of hydrogen-bond acceptors (Lipinski definition) is 4. The monoisotopic (exact) mass is 297 g/mol. The highest BCUT2D eigenvalue weighted by Gasteiger charge is 2.30. The van der Waals surface area contributed by atoms with E-state index in [1.165, 1.54) is 0 Å². The lowest BCUT2D eigenvalue weighted by molar-refractivity contribution is -0.142. The van der Waals surface area contributed by atoms with Crippen LogP contribution >= 0.6 is 0 Å². The van der Waals surface area contributed by atoms with E-state index in [9.17, 15) is 9.59 Å². The molecule has 1 atom stereocenters. The average molecular weight is 297 g/mol. The minimum Gasteiger partial charge on any atom is -0.466 e. The molecule has 0 N–H and O–H groups in total. The number of rotatable bonds is 3. The summed E-state index contributed by atoms with van der Waals surface area (Å²) >= 11 is 0. The summed E-state index contributed by atoms with van der Waals surface area (Å²) in [6.07, 6.45) is 0.00657. The molecule has 1 amide bonds. The smallest absolute Gasteiger partial charge is 0.410 e. The van der Waals surface area contributed by atoms with Gasteiger partial charge in [0, 0.05) is 13.1 Å². The minimum atomic E-state index is -0.497. The fraction of sp³-hybridized carbons (Fsp3) is 0.750. The first-order valence-corrected chi connectivity index (χ1v) is 7.46. The molecule has 1 unspecified atom stereocenters. The normalized spacial score (nSPS) is 19.5. The minimum absolute atomic E-state index is 0.135. The van der Waals surface area contributed by atoms with Crippen molar-refractivity contribution in [3.8, 4) is 0 Å². The van der Waals surface area contributed by atoms with Crippen LogP contribution in [0.5, 0.6) is 0 Å². The van der Waals surface area contributed by atoms with E-state index < -0.39 is 5.60 Å². The second-order valence-corrected chi connectivity index (χ2v) is 6.55. The molecule has 0 saturated carbocycles. The third-order valence-corrected chi connectivity index (χ3v) is 3.36. The lowest BCUT2D eigenvalue weighted by atomic mass is 9.89. The van der Waals surface area contributed by atoms with Crippen molar-refractivity contribution >= 4 is 12.1 Å². The molecular formula is C16H27NO4. The van der Waals surface area contributed by atoms with Gasteiger partial charge in [0.1, 0.15) is 5.60 Å². The Morgan fingerprint density at radius 2 is 1.95 bits per heavy atom. The first-order chi connectivity index (χ1) is 9.64. The Labute approximate surface area is 127 Å². The summed E-state index contributed by atoms with van der Waals surface area (Å²) in [7, 11) is 0. The van der Waals surface area contributed by atoms with Gasteiger partial charge in [-0.1, -0.05) is 18.1 Å². The SMILES string of the molecule is CCOC(=O)CC1=C(C)CN(C(=O)OC(C)(C)C)CC1C. The van der Waals surface area contributed by atoms with Gasteiger partial charge in [0.25, 0.3) is 0 Å². The maximum atomic E-state index is 12.1. The molecule has 5 heteroatoms. The molecular weight excluding hydrogens is 270 g/mol. The second kappa shape index (κ2) is 6.96. The quantitative estimate of drug-likeness (QED) is 0.593. The maximum Gasteiger partial charge on any atom is 0.410 e. The highest BCUT2D eigenvalue weighted by atomic mass is 16.6. The summed E-state index contributed by atoms with van der Waals surface area (Å²) in [6, 6.07) is 0. The van der Waals surface area contributed by atoms with Crippen molar-refractivity contribution in [1.82, 2.24) is 4.90 Å². The van der Waals surface area contributed by atoms with Gasteiger partial charge in [-0.25, -0.2) is 4.79 Å². The van der Waals surface area contributed by atoms with Crippen LogP contribution in [0.25, 0.3) is 0 Å². The molecule has 0 aliphatic carbocycles. The molecule has 120 valence electrons. The fourth-order valence-corrected chi connectivity index (χ4v) is 2.47. The predicted octanol–water partition coefficient (Wildman–Crippen LogP) is 3.14. The summed E-state index contributed by atoms with van der Waals surface area (Å²) in [5.41, 5.74) is 1.63. The Morgan fingerprint density at radius 3 is 2.43 bits per heavy atom.